The number of aromatic nitrogens is 2. The fraction of sp³-hybridized carbons (Fsp3) is 0.500. The molecule has 29 heavy (non-hydrogen) atoms. The summed E-state index contributed by atoms with van der Waals surface area (Å²) in [7, 11) is 2.12. The zero-order chi connectivity index (χ0) is 20.2. The number of anilines is 3. The molecule has 2 aliphatic rings. The SMILES string of the molecule is Cc1ccc(Nc2cc(N3CCC(C(=O)N4CCN(C)CC4)CC3)ncn2)cc1. The van der Waals surface area contributed by atoms with Crippen LogP contribution in [0.25, 0.3) is 0 Å². The average molecular weight is 395 g/mol. The minimum atomic E-state index is 0.140. The topological polar surface area (TPSA) is 64.6 Å². The van der Waals surface area contributed by atoms with Crippen molar-refractivity contribution in [3.63, 3.8) is 0 Å². The Bertz CT molecular complexity index is 823. The fourth-order valence-electron chi connectivity index (χ4n) is 4.01. The first kappa shape index (κ1) is 19.6. The summed E-state index contributed by atoms with van der Waals surface area (Å²) in [6.45, 7) is 7.44. The molecule has 1 amide bonds. The van der Waals surface area contributed by atoms with Crippen LogP contribution in [0.4, 0.5) is 17.3 Å². The maximum Gasteiger partial charge on any atom is 0.225 e. The summed E-state index contributed by atoms with van der Waals surface area (Å²) in [6, 6.07) is 10.2. The third-order valence-corrected chi connectivity index (χ3v) is 5.96. The molecule has 1 N–H and O–H groups in total. The molecule has 0 unspecified atom stereocenters. The Balaban J connectivity index is 1.33. The van der Waals surface area contributed by atoms with E-state index in [1.807, 2.05) is 18.2 Å². The van der Waals surface area contributed by atoms with Gasteiger partial charge in [0.15, 0.2) is 0 Å². The van der Waals surface area contributed by atoms with E-state index in [4.69, 9.17) is 0 Å². The van der Waals surface area contributed by atoms with E-state index >= 15 is 0 Å². The summed E-state index contributed by atoms with van der Waals surface area (Å²) >= 11 is 0. The molecule has 2 saturated heterocycles. The number of nitrogens with zero attached hydrogens (tertiary/aromatic N) is 5. The predicted molar refractivity (Wildman–Crippen MR) is 116 cm³/mol. The van der Waals surface area contributed by atoms with E-state index in [0.717, 1.165) is 69.4 Å². The van der Waals surface area contributed by atoms with Gasteiger partial charge in [-0.05, 0) is 38.9 Å². The lowest BCUT2D eigenvalue weighted by Gasteiger charge is -2.37. The largest absolute Gasteiger partial charge is 0.356 e. The first-order valence-corrected chi connectivity index (χ1v) is 10.5. The molecule has 1 aromatic heterocycles. The highest BCUT2D eigenvalue weighted by molar-refractivity contribution is 5.79. The van der Waals surface area contributed by atoms with Gasteiger partial charge in [-0.1, -0.05) is 17.7 Å². The van der Waals surface area contributed by atoms with Crippen LogP contribution in [-0.4, -0.2) is 72.0 Å². The van der Waals surface area contributed by atoms with Crippen molar-refractivity contribution < 1.29 is 4.79 Å². The van der Waals surface area contributed by atoms with Gasteiger partial charge >= 0.3 is 0 Å². The molecule has 4 rings (SSSR count). The van der Waals surface area contributed by atoms with Crippen LogP contribution in [0.1, 0.15) is 18.4 Å². The van der Waals surface area contributed by atoms with Crippen molar-refractivity contribution in [2.45, 2.75) is 19.8 Å². The van der Waals surface area contributed by atoms with Crippen LogP contribution in [0.3, 0.4) is 0 Å². The van der Waals surface area contributed by atoms with Crippen molar-refractivity contribution >= 4 is 23.2 Å². The fourth-order valence-corrected chi connectivity index (χ4v) is 4.01. The Morgan fingerprint density at radius 1 is 1.00 bits per heavy atom. The van der Waals surface area contributed by atoms with E-state index in [-0.39, 0.29) is 5.92 Å². The summed E-state index contributed by atoms with van der Waals surface area (Å²) in [5.41, 5.74) is 2.24. The molecule has 0 bridgehead atoms. The number of aryl methyl sites for hydroxylation is 1. The molecule has 2 aliphatic heterocycles. The summed E-state index contributed by atoms with van der Waals surface area (Å²) < 4.78 is 0. The first-order chi connectivity index (χ1) is 14.1. The standard InChI is InChI=1S/C22H30N6O/c1-17-3-5-19(6-4-17)25-20-15-21(24-16-23-20)27-9-7-18(8-10-27)22(29)28-13-11-26(2)12-14-28/h3-6,15-16,18H,7-14H2,1-2H3,(H,23,24,25). The Hall–Kier alpha value is -2.67. The molecule has 0 aliphatic carbocycles. The van der Waals surface area contributed by atoms with E-state index in [1.54, 1.807) is 6.33 Å². The van der Waals surface area contributed by atoms with Gasteiger partial charge in [0.05, 0.1) is 0 Å². The summed E-state index contributed by atoms with van der Waals surface area (Å²) in [4.78, 5) is 28.2. The van der Waals surface area contributed by atoms with Gasteiger partial charge in [-0.3, -0.25) is 4.79 Å². The first-order valence-electron chi connectivity index (χ1n) is 10.5. The van der Waals surface area contributed by atoms with Crippen molar-refractivity contribution in [3.8, 4) is 0 Å². The normalized spacial score (nSPS) is 18.7. The number of hydrogen-bond acceptors (Lipinski definition) is 6. The number of piperidine rings is 1. The van der Waals surface area contributed by atoms with Crippen molar-refractivity contribution in [3.05, 3.63) is 42.2 Å². The van der Waals surface area contributed by atoms with Gasteiger partial charge in [0.1, 0.15) is 18.0 Å². The molecular formula is C22H30N6O. The van der Waals surface area contributed by atoms with E-state index in [9.17, 15) is 4.79 Å². The van der Waals surface area contributed by atoms with Gasteiger partial charge in [-0.25, -0.2) is 9.97 Å². The Morgan fingerprint density at radius 3 is 2.38 bits per heavy atom. The number of amides is 1. The molecule has 0 atom stereocenters. The maximum atomic E-state index is 12.8. The van der Waals surface area contributed by atoms with Crippen LogP contribution in [0.15, 0.2) is 36.7 Å². The second-order valence-electron chi connectivity index (χ2n) is 8.14. The molecule has 3 heterocycles. The average Bonchev–Trinajstić information content (AvgIpc) is 2.76. The number of carbonyl (C=O) groups is 1. The molecule has 0 radical (unpaired) electrons. The number of piperazine rings is 1. The highest BCUT2D eigenvalue weighted by Crippen LogP contribution is 2.25. The zero-order valence-electron chi connectivity index (χ0n) is 17.3. The molecule has 0 spiro atoms. The van der Waals surface area contributed by atoms with Crippen molar-refractivity contribution in [1.82, 2.24) is 19.8 Å². The number of nitrogens with one attached hydrogen (secondary N) is 1. The molecule has 2 aromatic rings. The van der Waals surface area contributed by atoms with E-state index < -0.39 is 0 Å². The maximum absolute atomic E-state index is 12.8. The van der Waals surface area contributed by atoms with Crippen LogP contribution >= 0.6 is 0 Å². The second-order valence-corrected chi connectivity index (χ2v) is 8.14. The Kier molecular flexibility index (Phi) is 5.94. The smallest absolute Gasteiger partial charge is 0.225 e. The van der Waals surface area contributed by atoms with E-state index in [2.05, 4.69) is 56.1 Å². The number of likely N-dealkylation sites (N-methyl/N-ethyl adjacent to an activating group) is 1. The molecule has 2 fully saturated rings. The van der Waals surface area contributed by atoms with Gasteiger partial charge in [-0.2, -0.15) is 0 Å². The highest BCUT2D eigenvalue weighted by atomic mass is 16.2. The molecule has 7 nitrogen and oxygen atoms in total. The van der Waals surface area contributed by atoms with Gasteiger partial charge < -0.3 is 20.0 Å². The third-order valence-electron chi connectivity index (χ3n) is 5.96. The summed E-state index contributed by atoms with van der Waals surface area (Å²) in [5, 5.41) is 3.34. The highest BCUT2D eigenvalue weighted by Gasteiger charge is 2.30. The van der Waals surface area contributed by atoms with Crippen LogP contribution in [0.2, 0.25) is 0 Å². The molecule has 154 valence electrons. The monoisotopic (exact) mass is 394 g/mol. The summed E-state index contributed by atoms with van der Waals surface area (Å²) in [6.07, 6.45) is 3.37. The molecule has 0 saturated carbocycles. The third kappa shape index (κ3) is 4.85. The van der Waals surface area contributed by atoms with Gasteiger partial charge in [0.2, 0.25) is 5.91 Å². The predicted octanol–water partition coefficient (Wildman–Crippen LogP) is 2.52. The Labute approximate surface area is 172 Å². The Morgan fingerprint density at radius 2 is 1.69 bits per heavy atom. The minimum Gasteiger partial charge on any atom is -0.356 e. The number of benzene rings is 1. The van der Waals surface area contributed by atoms with Crippen LogP contribution in [-0.2, 0) is 4.79 Å². The molecule has 7 heteroatoms. The van der Waals surface area contributed by atoms with E-state index in [1.165, 1.54) is 5.56 Å². The second kappa shape index (κ2) is 8.78. The zero-order valence-corrected chi connectivity index (χ0v) is 17.3. The number of hydrogen-bond donors (Lipinski definition) is 1. The van der Waals surface area contributed by atoms with Crippen molar-refractivity contribution in [1.29, 1.82) is 0 Å². The van der Waals surface area contributed by atoms with E-state index in [0.29, 0.717) is 5.91 Å². The summed E-state index contributed by atoms with van der Waals surface area (Å²) in [5.74, 6) is 2.18. The number of carbonyl (C=O) groups excluding carboxylic acids is 1. The lowest BCUT2D eigenvalue weighted by atomic mass is 9.95. The van der Waals surface area contributed by atoms with Gasteiger partial charge in [-0.15, -0.1) is 0 Å². The minimum absolute atomic E-state index is 0.140. The van der Waals surface area contributed by atoms with Gasteiger partial charge in [0, 0.05) is 56.9 Å². The van der Waals surface area contributed by atoms with Crippen molar-refractivity contribution in [2.75, 3.05) is 56.5 Å². The van der Waals surface area contributed by atoms with Crippen LogP contribution < -0.4 is 10.2 Å². The quantitative estimate of drug-likeness (QED) is 0.860. The van der Waals surface area contributed by atoms with Gasteiger partial charge in [0.25, 0.3) is 0 Å². The lowest BCUT2D eigenvalue weighted by molar-refractivity contribution is -0.137. The number of rotatable bonds is 4. The lowest BCUT2D eigenvalue weighted by Crippen LogP contribution is -2.50. The van der Waals surface area contributed by atoms with Crippen LogP contribution in [0, 0.1) is 12.8 Å². The van der Waals surface area contributed by atoms with Crippen LogP contribution in [0.5, 0.6) is 0 Å². The van der Waals surface area contributed by atoms with Crippen molar-refractivity contribution in [2.24, 2.45) is 5.92 Å². The molecule has 1 aromatic carbocycles. The molecular weight excluding hydrogens is 364 g/mol.